The Balaban J connectivity index is 1.67. The van der Waals surface area contributed by atoms with E-state index in [1.165, 1.54) is 22.5 Å². The maximum Gasteiger partial charge on any atom is 0.202 e. The molecular formula is C23H23N2O4S+. The lowest BCUT2D eigenvalue weighted by atomic mass is 10.0. The van der Waals surface area contributed by atoms with Crippen LogP contribution in [0.3, 0.4) is 0 Å². The Hall–Kier alpha value is -2.74. The SMILES string of the molecule is CCc1cc2c(=O)c(-c3nc4ccccc4s3)coc2c(C[NH+]2CCOCC2)c1O. The molecule has 0 spiro atoms. The lowest BCUT2D eigenvalue weighted by molar-refractivity contribution is -0.921. The molecule has 0 aliphatic carbocycles. The maximum atomic E-state index is 13.4. The first-order valence-corrected chi connectivity index (χ1v) is 11.0. The Bertz CT molecular complexity index is 1250. The minimum atomic E-state index is -0.108. The monoisotopic (exact) mass is 423 g/mol. The van der Waals surface area contributed by atoms with Crippen molar-refractivity contribution >= 4 is 32.5 Å². The molecule has 154 valence electrons. The van der Waals surface area contributed by atoms with Gasteiger partial charge in [0.05, 0.1) is 39.9 Å². The van der Waals surface area contributed by atoms with Gasteiger partial charge in [-0.15, -0.1) is 11.3 Å². The molecule has 1 aliphatic heterocycles. The molecular weight excluding hydrogens is 400 g/mol. The van der Waals surface area contributed by atoms with Gasteiger partial charge in [-0.25, -0.2) is 4.98 Å². The Kier molecular flexibility index (Phi) is 5.02. The smallest absolute Gasteiger partial charge is 0.202 e. The van der Waals surface area contributed by atoms with E-state index in [-0.39, 0.29) is 11.2 Å². The highest BCUT2D eigenvalue weighted by Crippen LogP contribution is 2.33. The van der Waals surface area contributed by atoms with E-state index < -0.39 is 0 Å². The number of nitrogens with zero attached hydrogens (tertiary/aromatic N) is 1. The van der Waals surface area contributed by atoms with Crippen LogP contribution in [0.5, 0.6) is 5.75 Å². The summed E-state index contributed by atoms with van der Waals surface area (Å²) in [5.41, 5.74) is 3.16. The molecule has 2 aromatic carbocycles. The number of thiazole rings is 1. The summed E-state index contributed by atoms with van der Waals surface area (Å²) in [4.78, 5) is 19.4. The van der Waals surface area contributed by atoms with Crippen molar-refractivity contribution in [1.29, 1.82) is 0 Å². The van der Waals surface area contributed by atoms with Gasteiger partial charge in [0.15, 0.2) is 0 Å². The molecule has 1 saturated heterocycles. The van der Waals surface area contributed by atoms with Gasteiger partial charge in [0, 0.05) is 0 Å². The number of ether oxygens (including phenoxy) is 1. The molecule has 2 N–H and O–H groups in total. The summed E-state index contributed by atoms with van der Waals surface area (Å²) in [7, 11) is 0. The predicted octanol–water partition coefficient (Wildman–Crippen LogP) is 2.75. The average molecular weight is 424 g/mol. The first kappa shape index (κ1) is 19.2. The van der Waals surface area contributed by atoms with Crippen LogP contribution in [0.15, 0.2) is 45.8 Å². The maximum absolute atomic E-state index is 13.4. The number of fused-ring (bicyclic) bond motifs is 2. The highest BCUT2D eigenvalue weighted by atomic mass is 32.1. The van der Waals surface area contributed by atoms with Crippen molar-refractivity contribution in [3.63, 3.8) is 0 Å². The number of morpholine rings is 1. The van der Waals surface area contributed by atoms with Crippen molar-refractivity contribution in [2.45, 2.75) is 19.9 Å². The quantitative estimate of drug-likeness (QED) is 0.528. The van der Waals surface area contributed by atoms with Crippen molar-refractivity contribution < 1.29 is 19.2 Å². The van der Waals surface area contributed by atoms with Crippen LogP contribution in [0.25, 0.3) is 31.8 Å². The third-order valence-electron chi connectivity index (χ3n) is 5.74. The van der Waals surface area contributed by atoms with Gasteiger partial charge in [-0.1, -0.05) is 19.1 Å². The number of phenols is 1. The summed E-state index contributed by atoms with van der Waals surface area (Å²) in [5, 5.41) is 12.0. The molecule has 3 heterocycles. The van der Waals surface area contributed by atoms with E-state index >= 15 is 0 Å². The number of nitrogens with one attached hydrogen (secondary N) is 1. The summed E-state index contributed by atoms with van der Waals surface area (Å²) in [6.45, 7) is 5.71. The third-order valence-corrected chi connectivity index (χ3v) is 6.81. The molecule has 0 bridgehead atoms. The van der Waals surface area contributed by atoms with E-state index in [2.05, 4.69) is 4.98 Å². The molecule has 0 atom stereocenters. The van der Waals surface area contributed by atoms with E-state index in [4.69, 9.17) is 9.15 Å². The molecule has 0 radical (unpaired) electrons. The number of hydrogen-bond acceptors (Lipinski definition) is 6. The Morgan fingerprint density at radius 3 is 2.80 bits per heavy atom. The number of rotatable bonds is 4. The van der Waals surface area contributed by atoms with E-state index in [9.17, 15) is 9.90 Å². The molecule has 30 heavy (non-hydrogen) atoms. The van der Waals surface area contributed by atoms with Crippen LogP contribution in [0.1, 0.15) is 18.1 Å². The average Bonchev–Trinajstić information content (AvgIpc) is 3.20. The molecule has 0 amide bonds. The molecule has 5 rings (SSSR count). The van der Waals surface area contributed by atoms with Crippen molar-refractivity contribution in [3.8, 4) is 16.3 Å². The second kappa shape index (κ2) is 7.83. The standard InChI is InChI=1S/C23H22N2O4S/c1-2-14-11-15-21(27)17(23-24-18-5-3-4-6-19(18)30-23)13-29-22(15)16(20(14)26)12-25-7-9-28-10-8-25/h3-6,11,13,26H,2,7-10,12H2,1H3/p+1. The predicted molar refractivity (Wildman–Crippen MR) is 117 cm³/mol. The number of hydrogen-bond donors (Lipinski definition) is 2. The summed E-state index contributed by atoms with van der Waals surface area (Å²) >= 11 is 1.48. The van der Waals surface area contributed by atoms with Crippen LogP contribution < -0.4 is 10.3 Å². The van der Waals surface area contributed by atoms with Gasteiger partial charge in [0.2, 0.25) is 5.43 Å². The fourth-order valence-corrected chi connectivity index (χ4v) is 5.02. The van der Waals surface area contributed by atoms with E-state index in [0.717, 1.165) is 28.9 Å². The molecule has 7 heteroatoms. The van der Waals surface area contributed by atoms with Gasteiger partial charge in [0.25, 0.3) is 0 Å². The van der Waals surface area contributed by atoms with Crippen molar-refractivity contribution in [2.24, 2.45) is 0 Å². The Morgan fingerprint density at radius 1 is 1.23 bits per heavy atom. The minimum absolute atomic E-state index is 0.108. The number of aromatic nitrogens is 1. The molecule has 6 nitrogen and oxygen atoms in total. The molecule has 0 unspecified atom stereocenters. The number of quaternary nitrogens is 1. The van der Waals surface area contributed by atoms with Crippen molar-refractivity contribution in [1.82, 2.24) is 4.98 Å². The molecule has 4 aromatic rings. The molecule has 1 fully saturated rings. The third kappa shape index (κ3) is 3.29. The van der Waals surface area contributed by atoms with Gasteiger partial charge in [-0.05, 0) is 30.2 Å². The fourth-order valence-electron chi connectivity index (χ4n) is 4.05. The first-order valence-electron chi connectivity index (χ1n) is 10.2. The first-order chi connectivity index (χ1) is 14.7. The van der Waals surface area contributed by atoms with Gasteiger partial charge >= 0.3 is 0 Å². The van der Waals surface area contributed by atoms with Gasteiger partial charge < -0.3 is 19.2 Å². The van der Waals surface area contributed by atoms with Crippen LogP contribution in [0, 0.1) is 0 Å². The van der Waals surface area contributed by atoms with Crippen LogP contribution in [-0.4, -0.2) is 36.4 Å². The van der Waals surface area contributed by atoms with Crippen LogP contribution >= 0.6 is 11.3 Å². The summed E-state index contributed by atoms with van der Waals surface area (Å²) < 4.78 is 12.5. The van der Waals surface area contributed by atoms with E-state index in [1.54, 1.807) is 6.07 Å². The summed E-state index contributed by atoms with van der Waals surface area (Å²) in [5.74, 6) is 0.236. The van der Waals surface area contributed by atoms with Crippen LogP contribution in [-0.2, 0) is 17.7 Å². The van der Waals surface area contributed by atoms with Crippen LogP contribution in [0.2, 0.25) is 0 Å². The van der Waals surface area contributed by atoms with Crippen molar-refractivity contribution in [3.05, 3.63) is 57.9 Å². The number of aromatic hydroxyl groups is 1. The number of aryl methyl sites for hydroxylation is 1. The number of para-hydroxylation sites is 1. The Labute approximate surface area is 177 Å². The zero-order valence-electron chi connectivity index (χ0n) is 16.7. The van der Waals surface area contributed by atoms with Crippen LogP contribution in [0.4, 0.5) is 0 Å². The summed E-state index contributed by atoms with van der Waals surface area (Å²) in [6.07, 6.45) is 2.13. The number of benzene rings is 2. The van der Waals surface area contributed by atoms with Gasteiger partial charge in [-0.2, -0.15) is 0 Å². The second-order valence-electron chi connectivity index (χ2n) is 7.60. The zero-order valence-corrected chi connectivity index (χ0v) is 17.6. The second-order valence-corrected chi connectivity index (χ2v) is 8.63. The van der Waals surface area contributed by atoms with Crippen molar-refractivity contribution in [2.75, 3.05) is 26.3 Å². The fraction of sp³-hybridized carbons (Fsp3) is 0.304. The van der Waals surface area contributed by atoms with E-state index in [0.29, 0.717) is 53.3 Å². The van der Waals surface area contributed by atoms with Gasteiger partial charge in [-0.3, -0.25) is 4.79 Å². The minimum Gasteiger partial charge on any atom is -0.507 e. The zero-order chi connectivity index (χ0) is 20.7. The summed E-state index contributed by atoms with van der Waals surface area (Å²) in [6, 6.07) is 9.60. The van der Waals surface area contributed by atoms with E-state index in [1.807, 2.05) is 31.2 Å². The number of phenolic OH excluding ortho intramolecular Hbond substituents is 1. The molecule has 0 saturated carbocycles. The van der Waals surface area contributed by atoms with Gasteiger partial charge in [0.1, 0.15) is 42.2 Å². The highest BCUT2D eigenvalue weighted by molar-refractivity contribution is 7.21. The topological polar surface area (TPSA) is 77.0 Å². The normalized spacial score (nSPS) is 15.2. The largest absolute Gasteiger partial charge is 0.507 e. The highest BCUT2D eigenvalue weighted by Gasteiger charge is 2.24. The molecule has 1 aliphatic rings. The lowest BCUT2D eigenvalue weighted by Gasteiger charge is -2.24. The lowest BCUT2D eigenvalue weighted by Crippen LogP contribution is -3.12. The molecule has 2 aromatic heterocycles. The Morgan fingerprint density at radius 2 is 2.03 bits per heavy atom.